The number of aryl methyl sites for hydroxylation is 1. The fourth-order valence-electron chi connectivity index (χ4n) is 4.23. The average Bonchev–Trinajstić information content (AvgIpc) is 3.18. The van der Waals surface area contributed by atoms with Crippen molar-refractivity contribution in [3.63, 3.8) is 0 Å². The van der Waals surface area contributed by atoms with Crippen molar-refractivity contribution in [3.05, 3.63) is 89.0 Å². The van der Waals surface area contributed by atoms with Crippen LogP contribution in [0.1, 0.15) is 35.0 Å². The number of rotatable bonds is 8. The molecule has 10 heteroatoms. The average molecular weight is 511 g/mol. The number of carboxylic acid groups (broad SMARTS) is 1. The van der Waals surface area contributed by atoms with E-state index in [1.54, 1.807) is 61.1 Å². The summed E-state index contributed by atoms with van der Waals surface area (Å²) < 4.78 is 42.5. The number of halogens is 3. The summed E-state index contributed by atoms with van der Waals surface area (Å²) in [5.74, 6) is -1.31. The van der Waals surface area contributed by atoms with E-state index < -0.39 is 17.7 Å². The van der Waals surface area contributed by atoms with Crippen molar-refractivity contribution in [1.82, 2.24) is 19.4 Å². The van der Waals surface area contributed by atoms with Crippen LogP contribution in [0.3, 0.4) is 0 Å². The Kier molecular flexibility index (Phi) is 7.28. The maximum atomic E-state index is 13.6. The Morgan fingerprint density at radius 1 is 1.05 bits per heavy atom. The SMILES string of the molecule is CCN(Cc1cc(C(F)(F)F)ccc1-n1cc(CC(=O)O)c2ccc(C)nc21)C(=O)Cc1ccccn1. The van der Waals surface area contributed by atoms with E-state index in [0.29, 0.717) is 33.7 Å². The normalized spacial score (nSPS) is 11.6. The van der Waals surface area contributed by atoms with Gasteiger partial charge in [0.2, 0.25) is 5.91 Å². The van der Waals surface area contributed by atoms with Crippen LogP contribution in [0.15, 0.2) is 60.9 Å². The van der Waals surface area contributed by atoms with Crippen molar-refractivity contribution >= 4 is 22.9 Å². The first kappa shape index (κ1) is 25.9. The van der Waals surface area contributed by atoms with Gasteiger partial charge in [0.15, 0.2) is 0 Å². The molecule has 1 amide bonds. The van der Waals surface area contributed by atoms with Crippen molar-refractivity contribution in [3.8, 4) is 5.69 Å². The van der Waals surface area contributed by atoms with E-state index >= 15 is 0 Å². The fraction of sp³-hybridized carbons (Fsp3) is 0.259. The minimum Gasteiger partial charge on any atom is -0.481 e. The Morgan fingerprint density at radius 2 is 1.84 bits per heavy atom. The molecular formula is C27H25F3N4O3. The van der Waals surface area contributed by atoms with Gasteiger partial charge in [-0.15, -0.1) is 0 Å². The van der Waals surface area contributed by atoms with Crippen LogP contribution in [-0.2, 0) is 35.2 Å². The predicted molar refractivity (Wildman–Crippen MR) is 131 cm³/mol. The molecule has 4 rings (SSSR count). The molecule has 4 aromatic rings. The number of carbonyl (C=O) groups excluding carboxylic acids is 1. The molecule has 0 bridgehead atoms. The third-order valence-electron chi connectivity index (χ3n) is 6.04. The van der Waals surface area contributed by atoms with Gasteiger partial charge in [-0.05, 0) is 67.4 Å². The first-order valence-electron chi connectivity index (χ1n) is 11.6. The molecule has 0 unspecified atom stereocenters. The van der Waals surface area contributed by atoms with Crippen molar-refractivity contribution in [1.29, 1.82) is 0 Å². The highest BCUT2D eigenvalue weighted by Gasteiger charge is 2.32. The van der Waals surface area contributed by atoms with Crippen LogP contribution in [0.5, 0.6) is 0 Å². The Hall–Kier alpha value is -4.21. The molecule has 192 valence electrons. The summed E-state index contributed by atoms with van der Waals surface area (Å²) in [7, 11) is 0. The number of hydrogen-bond acceptors (Lipinski definition) is 4. The smallest absolute Gasteiger partial charge is 0.416 e. The monoisotopic (exact) mass is 510 g/mol. The molecule has 0 radical (unpaired) electrons. The number of carboxylic acids is 1. The maximum absolute atomic E-state index is 13.6. The maximum Gasteiger partial charge on any atom is 0.416 e. The largest absolute Gasteiger partial charge is 0.481 e. The highest BCUT2D eigenvalue weighted by molar-refractivity contribution is 5.87. The van der Waals surface area contributed by atoms with Crippen LogP contribution in [0, 0.1) is 6.92 Å². The second-order valence-corrected chi connectivity index (χ2v) is 8.67. The minimum atomic E-state index is -4.58. The lowest BCUT2D eigenvalue weighted by molar-refractivity contribution is -0.138. The predicted octanol–water partition coefficient (Wildman–Crippen LogP) is 4.97. The molecule has 0 saturated heterocycles. The van der Waals surface area contributed by atoms with Gasteiger partial charge in [-0.3, -0.25) is 14.6 Å². The molecule has 7 nitrogen and oxygen atoms in total. The molecule has 0 spiro atoms. The zero-order chi connectivity index (χ0) is 26.7. The van der Waals surface area contributed by atoms with Crippen molar-refractivity contribution in [2.45, 2.75) is 39.4 Å². The lowest BCUT2D eigenvalue weighted by atomic mass is 10.1. The van der Waals surface area contributed by atoms with E-state index in [0.717, 1.165) is 12.1 Å². The molecule has 0 atom stereocenters. The Labute approximate surface area is 211 Å². The Bertz CT molecular complexity index is 1450. The summed E-state index contributed by atoms with van der Waals surface area (Å²) in [6.45, 7) is 3.72. The standard InChI is InChI=1S/C27H25F3N4O3/c1-3-33(24(35)14-21-6-4-5-11-31-21)15-19-12-20(27(28,29)30)8-10-23(19)34-16-18(13-25(36)37)22-9-7-17(2)32-26(22)34/h4-12,16H,3,13-15H2,1-2H3,(H,36,37). The van der Waals surface area contributed by atoms with E-state index in [1.165, 1.54) is 11.0 Å². The van der Waals surface area contributed by atoms with Crippen LogP contribution in [0.25, 0.3) is 16.7 Å². The zero-order valence-corrected chi connectivity index (χ0v) is 20.3. The number of hydrogen-bond donors (Lipinski definition) is 1. The molecule has 0 aliphatic rings. The summed E-state index contributed by atoms with van der Waals surface area (Å²) in [5, 5.41) is 9.97. The summed E-state index contributed by atoms with van der Waals surface area (Å²) in [5.41, 5.74) is 1.95. The summed E-state index contributed by atoms with van der Waals surface area (Å²) in [4.78, 5) is 34.7. The number of aromatic nitrogens is 3. The van der Waals surface area contributed by atoms with Crippen LogP contribution < -0.4 is 0 Å². The number of aliphatic carboxylic acids is 1. The number of fused-ring (bicyclic) bond motifs is 1. The number of carbonyl (C=O) groups is 2. The van der Waals surface area contributed by atoms with Crippen molar-refractivity contribution in [2.24, 2.45) is 0 Å². The molecular weight excluding hydrogens is 485 g/mol. The zero-order valence-electron chi connectivity index (χ0n) is 20.3. The summed E-state index contributed by atoms with van der Waals surface area (Å²) in [6, 6.07) is 12.1. The molecule has 0 saturated carbocycles. The highest BCUT2D eigenvalue weighted by Crippen LogP contribution is 2.33. The number of benzene rings is 1. The van der Waals surface area contributed by atoms with Gasteiger partial charge < -0.3 is 14.6 Å². The number of likely N-dealkylation sites (N-methyl/N-ethyl adjacent to an activating group) is 1. The Balaban J connectivity index is 1.81. The number of alkyl halides is 3. The first-order valence-corrected chi connectivity index (χ1v) is 11.6. The second-order valence-electron chi connectivity index (χ2n) is 8.67. The van der Waals surface area contributed by atoms with Gasteiger partial charge in [0, 0.05) is 42.3 Å². The van der Waals surface area contributed by atoms with Gasteiger partial charge in [0.25, 0.3) is 0 Å². The van der Waals surface area contributed by atoms with Crippen LogP contribution in [0.4, 0.5) is 13.2 Å². The molecule has 37 heavy (non-hydrogen) atoms. The molecule has 0 aliphatic carbocycles. The molecule has 0 aliphatic heterocycles. The second kappa shape index (κ2) is 10.4. The van der Waals surface area contributed by atoms with Crippen LogP contribution in [-0.4, -0.2) is 43.0 Å². The lowest BCUT2D eigenvalue weighted by Gasteiger charge is -2.24. The third-order valence-corrected chi connectivity index (χ3v) is 6.04. The van der Waals surface area contributed by atoms with Gasteiger partial charge in [0.1, 0.15) is 5.65 Å². The van der Waals surface area contributed by atoms with Gasteiger partial charge in [-0.2, -0.15) is 13.2 Å². The van der Waals surface area contributed by atoms with E-state index in [-0.39, 0.29) is 37.4 Å². The van der Waals surface area contributed by atoms with Gasteiger partial charge in [0.05, 0.1) is 24.1 Å². The van der Waals surface area contributed by atoms with E-state index in [2.05, 4.69) is 9.97 Å². The highest BCUT2D eigenvalue weighted by atomic mass is 19.4. The molecule has 3 aromatic heterocycles. The first-order chi connectivity index (χ1) is 17.6. The third kappa shape index (κ3) is 5.79. The lowest BCUT2D eigenvalue weighted by Crippen LogP contribution is -2.32. The van der Waals surface area contributed by atoms with Crippen LogP contribution in [0.2, 0.25) is 0 Å². The molecule has 3 heterocycles. The van der Waals surface area contributed by atoms with Crippen molar-refractivity contribution in [2.75, 3.05) is 6.54 Å². The quantitative estimate of drug-likeness (QED) is 0.362. The van der Waals surface area contributed by atoms with Crippen LogP contribution >= 0.6 is 0 Å². The topological polar surface area (TPSA) is 88.3 Å². The van der Waals surface area contributed by atoms with Gasteiger partial charge >= 0.3 is 12.1 Å². The van der Waals surface area contributed by atoms with E-state index in [9.17, 15) is 27.9 Å². The van der Waals surface area contributed by atoms with E-state index in [4.69, 9.17) is 0 Å². The number of amides is 1. The van der Waals surface area contributed by atoms with Gasteiger partial charge in [-0.1, -0.05) is 6.07 Å². The molecule has 1 N–H and O–H groups in total. The van der Waals surface area contributed by atoms with Crippen molar-refractivity contribution < 1.29 is 27.9 Å². The fourth-order valence-corrected chi connectivity index (χ4v) is 4.23. The molecule has 1 aromatic carbocycles. The minimum absolute atomic E-state index is 0.0128. The number of pyridine rings is 2. The Morgan fingerprint density at radius 3 is 2.49 bits per heavy atom. The number of nitrogens with zero attached hydrogens (tertiary/aromatic N) is 4. The summed E-state index contributed by atoms with van der Waals surface area (Å²) in [6.07, 6.45) is -1.68. The summed E-state index contributed by atoms with van der Waals surface area (Å²) >= 11 is 0. The van der Waals surface area contributed by atoms with Gasteiger partial charge in [-0.25, -0.2) is 4.98 Å². The van der Waals surface area contributed by atoms with E-state index in [1.807, 2.05) is 0 Å². The molecule has 0 fully saturated rings.